The average molecular weight is 260 g/mol. The monoisotopic (exact) mass is 260 g/mol. The summed E-state index contributed by atoms with van der Waals surface area (Å²) in [4.78, 5) is 11.5. The van der Waals surface area contributed by atoms with Gasteiger partial charge in [0.1, 0.15) is 11.3 Å². The lowest BCUT2D eigenvalue weighted by atomic mass is 9.85. The predicted octanol–water partition coefficient (Wildman–Crippen LogP) is 3.75. The van der Waals surface area contributed by atoms with Crippen molar-refractivity contribution in [3.8, 4) is 5.75 Å². The highest BCUT2D eigenvalue weighted by molar-refractivity contribution is 5.83. The summed E-state index contributed by atoms with van der Waals surface area (Å²) >= 11 is 0. The van der Waals surface area contributed by atoms with Crippen LogP contribution in [0.2, 0.25) is 0 Å². The minimum Gasteiger partial charge on any atom is -0.508 e. The maximum atomic E-state index is 11.5. The molecule has 0 fully saturated rings. The Hall–Kier alpha value is -1.77. The standard InChI is InChI=1S/C16H20O3/c1-5-6-10-7-15(18)19-14-9-13(17)12(8-11(10)14)16(2,3)4/h7-9,17H,5-6H2,1-4H3. The molecule has 1 heterocycles. The zero-order valence-corrected chi connectivity index (χ0v) is 11.9. The van der Waals surface area contributed by atoms with Gasteiger partial charge in [-0.25, -0.2) is 4.79 Å². The van der Waals surface area contributed by atoms with Crippen LogP contribution in [0.4, 0.5) is 0 Å². The molecule has 0 saturated carbocycles. The van der Waals surface area contributed by atoms with Crippen LogP contribution in [0.25, 0.3) is 11.0 Å². The molecule has 102 valence electrons. The molecule has 0 unspecified atom stereocenters. The summed E-state index contributed by atoms with van der Waals surface area (Å²) in [5.41, 5.74) is 1.79. The van der Waals surface area contributed by atoms with Crippen LogP contribution in [0.1, 0.15) is 45.2 Å². The van der Waals surface area contributed by atoms with Gasteiger partial charge in [-0.05, 0) is 23.5 Å². The van der Waals surface area contributed by atoms with Gasteiger partial charge in [-0.3, -0.25) is 0 Å². The van der Waals surface area contributed by atoms with E-state index >= 15 is 0 Å². The fraction of sp³-hybridized carbons (Fsp3) is 0.438. The molecule has 3 nitrogen and oxygen atoms in total. The van der Waals surface area contributed by atoms with E-state index in [9.17, 15) is 9.90 Å². The second-order valence-corrected chi connectivity index (χ2v) is 5.96. The van der Waals surface area contributed by atoms with Crippen molar-refractivity contribution < 1.29 is 9.52 Å². The maximum absolute atomic E-state index is 11.5. The predicted molar refractivity (Wildman–Crippen MR) is 76.8 cm³/mol. The quantitative estimate of drug-likeness (QED) is 0.837. The molecule has 1 aromatic heterocycles. The van der Waals surface area contributed by atoms with Crippen molar-refractivity contribution in [2.75, 3.05) is 0 Å². The molecule has 0 radical (unpaired) electrons. The molecule has 0 aliphatic carbocycles. The number of aryl methyl sites for hydroxylation is 1. The van der Waals surface area contributed by atoms with Gasteiger partial charge < -0.3 is 9.52 Å². The summed E-state index contributed by atoms with van der Waals surface area (Å²) in [6.45, 7) is 8.22. The van der Waals surface area contributed by atoms with Crippen LogP contribution in [0, 0.1) is 0 Å². The topological polar surface area (TPSA) is 50.4 Å². The molecule has 0 spiro atoms. The van der Waals surface area contributed by atoms with Crippen LogP contribution >= 0.6 is 0 Å². The maximum Gasteiger partial charge on any atom is 0.336 e. The van der Waals surface area contributed by atoms with Gasteiger partial charge in [0, 0.05) is 23.1 Å². The Bertz CT molecular complexity index is 660. The third kappa shape index (κ3) is 2.65. The molecule has 3 heteroatoms. The Morgan fingerprint density at radius 3 is 2.47 bits per heavy atom. The van der Waals surface area contributed by atoms with Crippen molar-refractivity contribution in [3.63, 3.8) is 0 Å². The summed E-state index contributed by atoms with van der Waals surface area (Å²) in [5.74, 6) is 0.178. The Morgan fingerprint density at radius 2 is 1.89 bits per heavy atom. The van der Waals surface area contributed by atoms with Gasteiger partial charge in [-0.2, -0.15) is 0 Å². The molecule has 0 aliphatic rings. The molecule has 1 aromatic carbocycles. The number of hydrogen-bond donors (Lipinski definition) is 1. The van der Waals surface area contributed by atoms with Crippen molar-refractivity contribution in [2.45, 2.75) is 46.0 Å². The Kier molecular flexibility index (Phi) is 3.40. The highest BCUT2D eigenvalue weighted by Crippen LogP contribution is 2.34. The van der Waals surface area contributed by atoms with Crippen LogP contribution in [0.5, 0.6) is 5.75 Å². The number of benzene rings is 1. The van der Waals surface area contributed by atoms with Crippen LogP contribution in [-0.2, 0) is 11.8 Å². The average Bonchev–Trinajstić information content (AvgIpc) is 2.26. The molecular weight excluding hydrogens is 240 g/mol. The van der Waals surface area contributed by atoms with E-state index in [1.165, 1.54) is 0 Å². The van der Waals surface area contributed by atoms with Crippen LogP contribution < -0.4 is 5.63 Å². The molecule has 19 heavy (non-hydrogen) atoms. The zero-order valence-electron chi connectivity index (χ0n) is 11.9. The SMILES string of the molecule is CCCc1cc(=O)oc2cc(O)c(C(C)(C)C)cc12. The normalized spacial score (nSPS) is 12.0. The Morgan fingerprint density at radius 1 is 1.21 bits per heavy atom. The van der Waals surface area contributed by atoms with Crippen molar-refractivity contribution in [1.82, 2.24) is 0 Å². The molecule has 0 bridgehead atoms. The van der Waals surface area contributed by atoms with Gasteiger partial charge in [-0.1, -0.05) is 34.1 Å². The third-order valence-corrected chi connectivity index (χ3v) is 3.27. The van der Waals surface area contributed by atoms with E-state index in [0.717, 1.165) is 29.4 Å². The number of hydrogen-bond acceptors (Lipinski definition) is 3. The van der Waals surface area contributed by atoms with Gasteiger partial charge in [0.25, 0.3) is 0 Å². The summed E-state index contributed by atoms with van der Waals surface area (Å²) in [6, 6.07) is 5.05. The van der Waals surface area contributed by atoms with Crippen LogP contribution in [0.3, 0.4) is 0 Å². The molecule has 2 rings (SSSR count). The first-order valence-corrected chi connectivity index (χ1v) is 6.63. The second-order valence-electron chi connectivity index (χ2n) is 5.96. The van der Waals surface area contributed by atoms with Crippen molar-refractivity contribution in [3.05, 3.63) is 39.7 Å². The largest absolute Gasteiger partial charge is 0.508 e. The minimum absolute atomic E-state index is 0.155. The Labute approximate surface area is 112 Å². The molecular formula is C16H20O3. The van der Waals surface area contributed by atoms with Gasteiger partial charge in [0.15, 0.2) is 0 Å². The summed E-state index contributed by atoms with van der Waals surface area (Å²) in [6.07, 6.45) is 1.79. The molecule has 1 N–H and O–H groups in total. The lowest BCUT2D eigenvalue weighted by Crippen LogP contribution is -2.12. The lowest BCUT2D eigenvalue weighted by Gasteiger charge is -2.21. The zero-order chi connectivity index (χ0) is 14.2. The van der Waals surface area contributed by atoms with Crippen LogP contribution in [0.15, 0.2) is 27.4 Å². The highest BCUT2D eigenvalue weighted by atomic mass is 16.4. The first-order valence-electron chi connectivity index (χ1n) is 6.63. The van der Waals surface area contributed by atoms with E-state index in [-0.39, 0.29) is 16.8 Å². The lowest BCUT2D eigenvalue weighted by molar-refractivity contribution is 0.445. The smallest absolute Gasteiger partial charge is 0.336 e. The van der Waals surface area contributed by atoms with Crippen molar-refractivity contribution in [2.24, 2.45) is 0 Å². The van der Waals surface area contributed by atoms with Crippen molar-refractivity contribution in [1.29, 1.82) is 0 Å². The van der Waals surface area contributed by atoms with E-state index in [2.05, 4.69) is 6.92 Å². The van der Waals surface area contributed by atoms with E-state index in [1.54, 1.807) is 12.1 Å². The van der Waals surface area contributed by atoms with E-state index < -0.39 is 0 Å². The molecule has 0 atom stereocenters. The minimum atomic E-state index is -0.362. The fourth-order valence-electron chi connectivity index (χ4n) is 2.34. The first-order chi connectivity index (χ1) is 8.82. The van der Waals surface area contributed by atoms with Gasteiger partial charge in [0.05, 0.1) is 0 Å². The molecule has 0 amide bonds. The molecule has 2 aromatic rings. The Balaban J connectivity index is 2.79. The van der Waals surface area contributed by atoms with Crippen molar-refractivity contribution >= 4 is 11.0 Å². The van der Waals surface area contributed by atoms with E-state index in [4.69, 9.17) is 4.42 Å². The van der Waals surface area contributed by atoms with Gasteiger partial charge in [0.2, 0.25) is 0 Å². The number of aromatic hydroxyl groups is 1. The summed E-state index contributed by atoms with van der Waals surface area (Å²) in [7, 11) is 0. The number of rotatable bonds is 2. The number of fused-ring (bicyclic) bond motifs is 1. The van der Waals surface area contributed by atoms with Gasteiger partial charge >= 0.3 is 5.63 Å². The number of phenols is 1. The number of phenolic OH excluding ortho intramolecular Hbond substituents is 1. The molecule has 0 aliphatic heterocycles. The highest BCUT2D eigenvalue weighted by Gasteiger charge is 2.20. The molecule has 0 saturated heterocycles. The second kappa shape index (κ2) is 4.72. The third-order valence-electron chi connectivity index (χ3n) is 3.27. The summed E-state index contributed by atoms with van der Waals surface area (Å²) < 4.78 is 5.18. The fourth-order valence-corrected chi connectivity index (χ4v) is 2.34. The van der Waals surface area contributed by atoms with E-state index in [1.807, 2.05) is 26.8 Å². The first kappa shape index (κ1) is 13.7. The van der Waals surface area contributed by atoms with Gasteiger partial charge in [-0.15, -0.1) is 0 Å². The summed E-state index contributed by atoms with van der Waals surface area (Å²) in [5, 5.41) is 11.0. The van der Waals surface area contributed by atoms with Crippen LogP contribution in [-0.4, -0.2) is 5.11 Å². The van der Waals surface area contributed by atoms with E-state index in [0.29, 0.717) is 5.58 Å².